The summed E-state index contributed by atoms with van der Waals surface area (Å²) in [6.45, 7) is 6.30. The molecule has 1 atom stereocenters. The Morgan fingerprint density at radius 2 is 1.80 bits per heavy atom. The van der Waals surface area contributed by atoms with Gasteiger partial charge in [-0.05, 0) is 44.5 Å². The van der Waals surface area contributed by atoms with Crippen LogP contribution in [-0.4, -0.2) is 25.6 Å². The number of rotatable bonds is 8. The van der Waals surface area contributed by atoms with Gasteiger partial charge < -0.3 is 15.4 Å². The number of ether oxygens (including phenoxy) is 1. The predicted octanol–water partition coefficient (Wildman–Crippen LogP) is 2.65. The van der Waals surface area contributed by atoms with E-state index in [2.05, 4.69) is 31.4 Å². The molecule has 1 rings (SSSR count). The molecule has 0 bridgehead atoms. The second-order valence-electron chi connectivity index (χ2n) is 4.95. The fourth-order valence-corrected chi connectivity index (χ4v) is 1.93. The first kappa shape index (κ1) is 16.5. The second kappa shape index (κ2) is 8.59. The Morgan fingerprint density at radius 3 is 2.30 bits per heavy atom. The van der Waals surface area contributed by atoms with Crippen molar-refractivity contribution in [2.45, 2.75) is 45.7 Å². The highest BCUT2D eigenvalue weighted by Crippen LogP contribution is 2.17. The lowest BCUT2D eigenvalue weighted by Gasteiger charge is -2.15. The van der Waals surface area contributed by atoms with Gasteiger partial charge in [0, 0.05) is 12.1 Å². The molecule has 1 aromatic carbocycles. The molecule has 20 heavy (non-hydrogen) atoms. The van der Waals surface area contributed by atoms with Gasteiger partial charge in [-0.2, -0.15) is 0 Å². The van der Waals surface area contributed by atoms with Crippen LogP contribution in [0, 0.1) is 0 Å². The highest BCUT2D eigenvalue weighted by atomic mass is 16.5. The monoisotopic (exact) mass is 278 g/mol. The van der Waals surface area contributed by atoms with Crippen molar-refractivity contribution in [2.75, 3.05) is 13.7 Å². The maximum Gasteiger partial charge on any atom is 0.258 e. The van der Waals surface area contributed by atoms with Crippen molar-refractivity contribution in [3.8, 4) is 5.75 Å². The zero-order chi connectivity index (χ0) is 15.0. The van der Waals surface area contributed by atoms with Crippen LogP contribution < -0.4 is 15.4 Å². The summed E-state index contributed by atoms with van der Waals surface area (Å²) in [5, 5.41) is 6.13. The van der Waals surface area contributed by atoms with Crippen molar-refractivity contribution in [3.63, 3.8) is 0 Å². The molecule has 1 amide bonds. The molecular weight excluding hydrogens is 252 g/mol. The average Bonchev–Trinajstić information content (AvgIpc) is 2.50. The van der Waals surface area contributed by atoms with Gasteiger partial charge in [0.2, 0.25) is 0 Å². The van der Waals surface area contributed by atoms with Crippen LogP contribution in [0.15, 0.2) is 24.3 Å². The number of amides is 1. The zero-order valence-electron chi connectivity index (χ0n) is 12.9. The lowest BCUT2D eigenvalue weighted by molar-refractivity contribution is -0.123. The van der Waals surface area contributed by atoms with E-state index in [4.69, 9.17) is 4.74 Å². The van der Waals surface area contributed by atoms with Gasteiger partial charge in [-0.1, -0.05) is 26.0 Å². The Hall–Kier alpha value is -1.55. The van der Waals surface area contributed by atoms with Crippen LogP contribution in [0.2, 0.25) is 0 Å². The first-order chi connectivity index (χ1) is 9.60. The summed E-state index contributed by atoms with van der Waals surface area (Å²) in [6, 6.07) is 8.36. The summed E-state index contributed by atoms with van der Waals surface area (Å²) in [7, 11) is 1.93. The summed E-state index contributed by atoms with van der Waals surface area (Å²) >= 11 is 0. The van der Waals surface area contributed by atoms with E-state index >= 15 is 0 Å². The molecule has 2 N–H and O–H groups in total. The third-order valence-corrected chi connectivity index (χ3v) is 3.53. The van der Waals surface area contributed by atoms with Gasteiger partial charge in [-0.25, -0.2) is 0 Å². The fraction of sp³-hybridized carbons (Fsp3) is 0.562. The largest absolute Gasteiger partial charge is 0.484 e. The minimum absolute atomic E-state index is 0.0635. The minimum atomic E-state index is -0.0635. The van der Waals surface area contributed by atoms with E-state index in [9.17, 15) is 4.79 Å². The number of carbonyl (C=O) groups is 1. The summed E-state index contributed by atoms with van der Waals surface area (Å²) < 4.78 is 5.49. The summed E-state index contributed by atoms with van der Waals surface area (Å²) in [5.41, 5.74) is 1.20. The van der Waals surface area contributed by atoms with Crippen LogP contribution in [0.5, 0.6) is 5.75 Å². The number of hydrogen-bond donors (Lipinski definition) is 2. The van der Waals surface area contributed by atoms with Gasteiger partial charge >= 0.3 is 0 Å². The van der Waals surface area contributed by atoms with Crippen molar-refractivity contribution in [2.24, 2.45) is 0 Å². The number of carbonyl (C=O) groups excluding carboxylic acids is 1. The number of benzene rings is 1. The van der Waals surface area contributed by atoms with Gasteiger partial charge in [-0.3, -0.25) is 4.79 Å². The van der Waals surface area contributed by atoms with Crippen molar-refractivity contribution in [3.05, 3.63) is 29.8 Å². The molecule has 0 aliphatic carbocycles. The van der Waals surface area contributed by atoms with Gasteiger partial charge in [-0.15, -0.1) is 0 Å². The van der Waals surface area contributed by atoms with Gasteiger partial charge in [0.1, 0.15) is 5.75 Å². The maximum atomic E-state index is 11.7. The quantitative estimate of drug-likeness (QED) is 0.768. The van der Waals surface area contributed by atoms with Crippen molar-refractivity contribution in [1.82, 2.24) is 10.6 Å². The molecule has 0 heterocycles. The van der Waals surface area contributed by atoms with E-state index in [-0.39, 0.29) is 18.6 Å². The Kier molecular flexibility index (Phi) is 7.09. The van der Waals surface area contributed by atoms with Crippen LogP contribution in [0.25, 0.3) is 0 Å². The molecule has 0 radical (unpaired) electrons. The third kappa shape index (κ3) is 5.21. The van der Waals surface area contributed by atoms with Crippen molar-refractivity contribution >= 4 is 5.91 Å². The lowest BCUT2D eigenvalue weighted by atomic mass is 10.1. The Morgan fingerprint density at radius 1 is 1.20 bits per heavy atom. The molecule has 0 aliphatic heterocycles. The molecule has 0 saturated heterocycles. The highest BCUT2D eigenvalue weighted by molar-refractivity contribution is 5.77. The van der Waals surface area contributed by atoms with Crippen LogP contribution in [-0.2, 0) is 4.79 Å². The zero-order valence-corrected chi connectivity index (χ0v) is 12.9. The molecule has 0 fully saturated rings. The normalized spacial score (nSPS) is 12.2. The van der Waals surface area contributed by atoms with Gasteiger partial charge in [0.05, 0.1) is 0 Å². The summed E-state index contributed by atoms with van der Waals surface area (Å²) in [5.74, 6) is 0.656. The van der Waals surface area contributed by atoms with Crippen LogP contribution in [0.4, 0.5) is 0 Å². The van der Waals surface area contributed by atoms with Gasteiger partial charge in [0.15, 0.2) is 6.61 Å². The molecule has 0 spiro atoms. The molecule has 4 nitrogen and oxygen atoms in total. The molecular formula is C16H26N2O2. The van der Waals surface area contributed by atoms with E-state index in [0.717, 1.165) is 18.6 Å². The van der Waals surface area contributed by atoms with Crippen LogP contribution >= 0.6 is 0 Å². The number of hydrogen-bond acceptors (Lipinski definition) is 3. The molecule has 0 aromatic heterocycles. The molecule has 0 aliphatic rings. The fourth-order valence-electron chi connectivity index (χ4n) is 1.93. The molecule has 4 heteroatoms. The molecule has 1 unspecified atom stereocenters. The van der Waals surface area contributed by atoms with E-state index in [0.29, 0.717) is 6.04 Å². The first-order valence-corrected chi connectivity index (χ1v) is 7.30. The predicted molar refractivity (Wildman–Crippen MR) is 81.9 cm³/mol. The van der Waals surface area contributed by atoms with E-state index in [1.807, 2.05) is 31.3 Å². The van der Waals surface area contributed by atoms with E-state index in [1.54, 1.807) is 0 Å². The van der Waals surface area contributed by atoms with E-state index in [1.165, 1.54) is 5.56 Å². The summed E-state index contributed by atoms with van der Waals surface area (Å²) in [6.07, 6.45) is 1.89. The molecule has 1 aromatic rings. The average molecular weight is 278 g/mol. The molecule has 0 saturated carbocycles. The smallest absolute Gasteiger partial charge is 0.258 e. The first-order valence-electron chi connectivity index (χ1n) is 7.30. The minimum Gasteiger partial charge on any atom is -0.484 e. The Balaban J connectivity index is 2.43. The third-order valence-electron chi connectivity index (χ3n) is 3.53. The van der Waals surface area contributed by atoms with Crippen LogP contribution in [0.3, 0.4) is 0 Å². The second-order valence-corrected chi connectivity index (χ2v) is 4.95. The lowest BCUT2D eigenvalue weighted by Crippen LogP contribution is -2.37. The maximum absolute atomic E-state index is 11.7. The SMILES string of the molecule is CCC(CC)NC(=O)COc1ccc(C(C)NC)cc1. The topological polar surface area (TPSA) is 50.4 Å². The Labute approximate surface area is 121 Å². The standard InChI is InChI=1S/C16H26N2O2/c1-5-14(6-2)18-16(19)11-20-15-9-7-13(8-10-15)12(3)17-4/h7-10,12,14,17H,5-6,11H2,1-4H3,(H,18,19). The number of nitrogens with one attached hydrogen (secondary N) is 2. The Bertz CT molecular complexity index is 399. The summed E-state index contributed by atoms with van der Waals surface area (Å²) in [4.78, 5) is 11.7. The van der Waals surface area contributed by atoms with Crippen molar-refractivity contribution in [1.29, 1.82) is 0 Å². The van der Waals surface area contributed by atoms with E-state index < -0.39 is 0 Å². The molecule has 112 valence electrons. The van der Waals surface area contributed by atoms with Crippen LogP contribution in [0.1, 0.15) is 45.2 Å². The van der Waals surface area contributed by atoms with Gasteiger partial charge in [0.25, 0.3) is 5.91 Å². The van der Waals surface area contributed by atoms with Crippen molar-refractivity contribution < 1.29 is 9.53 Å². The highest BCUT2D eigenvalue weighted by Gasteiger charge is 2.09.